The fraction of sp³-hybridized carbons (Fsp3) is 0.552. The molecule has 2 aromatic rings. The molecular weight excluding hydrogens is 470 g/mol. The van der Waals surface area contributed by atoms with Gasteiger partial charge < -0.3 is 19.7 Å². The van der Waals surface area contributed by atoms with Crippen LogP contribution in [0.3, 0.4) is 0 Å². The zero-order valence-electron chi connectivity index (χ0n) is 23.0. The van der Waals surface area contributed by atoms with Crippen molar-refractivity contribution in [1.82, 2.24) is 9.47 Å². The van der Waals surface area contributed by atoms with E-state index in [0.29, 0.717) is 29.0 Å². The highest BCUT2D eigenvalue weighted by atomic mass is 16.6. The summed E-state index contributed by atoms with van der Waals surface area (Å²) >= 11 is 0. The van der Waals surface area contributed by atoms with Crippen molar-refractivity contribution in [1.29, 1.82) is 0 Å². The second-order valence-corrected chi connectivity index (χ2v) is 12.3. The number of anilines is 1. The van der Waals surface area contributed by atoms with Crippen molar-refractivity contribution < 1.29 is 23.9 Å². The van der Waals surface area contributed by atoms with Gasteiger partial charge in [0.25, 0.3) is 0 Å². The Hall–Kier alpha value is -3.29. The van der Waals surface area contributed by atoms with Crippen LogP contribution in [0.4, 0.5) is 15.3 Å². The largest absolute Gasteiger partial charge is 0.444 e. The van der Waals surface area contributed by atoms with Crippen LogP contribution < -0.4 is 5.32 Å². The molecule has 8 nitrogen and oxygen atoms in total. The molecule has 1 saturated heterocycles. The van der Waals surface area contributed by atoms with Crippen LogP contribution in [-0.4, -0.2) is 51.9 Å². The molecule has 1 N–H and O–H groups in total. The summed E-state index contributed by atoms with van der Waals surface area (Å²) in [4.78, 5) is 38.8. The molecule has 1 aliphatic heterocycles. The Morgan fingerprint density at radius 1 is 0.946 bits per heavy atom. The number of likely N-dealkylation sites (tertiary alicyclic amines) is 1. The molecule has 2 heterocycles. The quantitative estimate of drug-likeness (QED) is 0.525. The zero-order chi connectivity index (χ0) is 27.1. The highest BCUT2D eigenvalue weighted by Gasteiger charge is 2.42. The smallest absolute Gasteiger partial charge is 0.419 e. The van der Waals surface area contributed by atoms with Gasteiger partial charge in [-0.25, -0.2) is 9.59 Å². The van der Waals surface area contributed by atoms with Crippen LogP contribution in [0.15, 0.2) is 30.5 Å². The second kappa shape index (κ2) is 9.88. The molecular formula is C29H39N3O5. The lowest BCUT2D eigenvalue weighted by Gasteiger charge is -2.25. The van der Waals surface area contributed by atoms with E-state index in [9.17, 15) is 14.4 Å². The maximum Gasteiger partial charge on any atom is 0.419 e. The van der Waals surface area contributed by atoms with Crippen molar-refractivity contribution in [2.75, 3.05) is 18.4 Å². The summed E-state index contributed by atoms with van der Waals surface area (Å²) in [5, 5.41) is 3.61. The first-order chi connectivity index (χ1) is 17.2. The van der Waals surface area contributed by atoms with Crippen molar-refractivity contribution in [3.8, 4) is 0 Å². The minimum absolute atomic E-state index is 0.206. The number of rotatable bonds is 3. The number of carbonyl (C=O) groups excluding carboxylic acids is 3. The highest BCUT2D eigenvalue weighted by molar-refractivity contribution is 6.04. The predicted octanol–water partition coefficient (Wildman–Crippen LogP) is 6.29. The van der Waals surface area contributed by atoms with Crippen molar-refractivity contribution in [2.45, 2.75) is 72.5 Å². The van der Waals surface area contributed by atoms with Gasteiger partial charge in [0, 0.05) is 31.6 Å². The number of ether oxygens (including phenoxy) is 2. The van der Waals surface area contributed by atoms with Crippen LogP contribution in [0.25, 0.3) is 17.0 Å². The SMILES string of the molecule is CC(=O)Nc1cn(C(=O)OC(C)(C)C)c2ccc(/C=C/[C@@H]3C[C@@H]4CN(C(=O)OC(C)(C)C)C[C@@H]4C3)cc12. The number of allylic oxidation sites excluding steroid dienone is 1. The lowest BCUT2D eigenvalue weighted by atomic mass is 10.0. The third kappa shape index (κ3) is 6.53. The van der Waals surface area contributed by atoms with E-state index in [1.54, 1.807) is 6.20 Å². The number of nitrogens with one attached hydrogen (secondary N) is 1. The Bertz CT molecular complexity index is 1220. The van der Waals surface area contributed by atoms with Crippen LogP contribution in [0, 0.1) is 17.8 Å². The van der Waals surface area contributed by atoms with Crippen molar-refractivity contribution in [2.24, 2.45) is 17.8 Å². The summed E-state index contributed by atoms with van der Waals surface area (Å²) in [7, 11) is 0. The molecule has 0 spiro atoms. The van der Waals surface area contributed by atoms with Gasteiger partial charge in [0.2, 0.25) is 5.91 Å². The lowest BCUT2D eigenvalue weighted by Crippen LogP contribution is -2.36. The molecule has 0 radical (unpaired) electrons. The summed E-state index contributed by atoms with van der Waals surface area (Å²) in [5.74, 6) is 1.24. The Labute approximate surface area is 219 Å². The molecule has 2 fully saturated rings. The van der Waals surface area contributed by atoms with Crippen LogP contribution in [0.5, 0.6) is 0 Å². The van der Waals surface area contributed by atoms with Gasteiger partial charge in [-0.05, 0) is 89.8 Å². The van der Waals surface area contributed by atoms with Gasteiger partial charge in [-0.15, -0.1) is 0 Å². The Balaban J connectivity index is 1.46. The Kier molecular flexibility index (Phi) is 7.14. The second-order valence-electron chi connectivity index (χ2n) is 12.3. The minimum Gasteiger partial charge on any atom is -0.444 e. The number of nitrogens with zero attached hydrogens (tertiary/aromatic N) is 2. The molecule has 37 heavy (non-hydrogen) atoms. The number of benzene rings is 1. The first-order valence-corrected chi connectivity index (χ1v) is 13.0. The molecule has 1 saturated carbocycles. The molecule has 0 unspecified atom stereocenters. The first kappa shape index (κ1) is 26.8. The topological polar surface area (TPSA) is 89.9 Å². The summed E-state index contributed by atoms with van der Waals surface area (Å²) in [6, 6.07) is 5.83. The lowest BCUT2D eigenvalue weighted by molar-refractivity contribution is -0.114. The molecule has 0 bridgehead atoms. The summed E-state index contributed by atoms with van der Waals surface area (Å²) in [6.45, 7) is 14.1. The van der Waals surface area contributed by atoms with Crippen LogP contribution in [0.2, 0.25) is 0 Å². The van der Waals surface area contributed by atoms with Gasteiger partial charge in [-0.2, -0.15) is 0 Å². The number of amides is 2. The Morgan fingerprint density at radius 3 is 2.11 bits per heavy atom. The van der Waals surface area contributed by atoms with Gasteiger partial charge in [0.15, 0.2) is 0 Å². The van der Waals surface area contributed by atoms with Crippen molar-refractivity contribution >= 4 is 40.8 Å². The van der Waals surface area contributed by atoms with E-state index >= 15 is 0 Å². The van der Waals surface area contributed by atoms with Gasteiger partial charge >= 0.3 is 12.2 Å². The monoisotopic (exact) mass is 509 g/mol. The van der Waals surface area contributed by atoms with Crippen LogP contribution in [-0.2, 0) is 14.3 Å². The molecule has 8 heteroatoms. The molecule has 2 amide bonds. The van der Waals surface area contributed by atoms with Crippen molar-refractivity contribution in [3.63, 3.8) is 0 Å². The molecule has 200 valence electrons. The van der Waals surface area contributed by atoms with E-state index in [4.69, 9.17) is 9.47 Å². The van der Waals surface area contributed by atoms with Crippen LogP contribution in [0.1, 0.15) is 66.9 Å². The van der Waals surface area contributed by atoms with Gasteiger partial charge in [-0.3, -0.25) is 9.36 Å². The maximum atomic E-state index is 12.8. The first-order valence-electron chi connectivity index (χ1n) is 13.0. The third-order valence-corrected chi connectivity index (χ3v) is 6.73. The average molecular weight is 510 g/mol. The summed E-state index contributed by atoms with van der Waals surface area (Å²) in [6.07, 6.45) is 7.37. The van der Waals surface area contributed by atoms with Crippen molar-refractivity contribution in [3.05, 3.63) is 36.0 Å². The predicted molar refractivity (Wildman–Crippen MR) is 144 cm³/mol. The molecule has 2 aliphatic rings. The molecule has 1 aromatic heterocycles. The number of hydrogen-bond donors (Lipinski definition) is 1. The third-order valence-electron chi connectivity index (χ3n) is 6.73. The fourth-order valence-corrected chi connectivity index (χ4v) is 5.33. The average Bonchev–Trinajstić information content (AvgIpc) is 3.41. The molecule has 1 aliphatic carbocycles. The van der Waals surface area contributed by atoms with E-state index in [1.807, 2.05) is 64.6 Å². The number of aromatic nitrogens is 1. The Morgan fingerprint density at radius 2 is 1.54 bits per heavy atom. The van der Waals surface area contributed by atoms with E-state index in [0.717, 1.165) is 36.9 Å². The fourth-order valence-electron chi connectivity index (χ4n) is 5.33. The zero-order valence-corrected chi connectivity index (χ0v) is 23.0. The van der Waals surface area contributed by atoms with E-state index in [1.165, 1.54) is 11.5 Å². The maximum absolute atomic E-state index is 12.8. The van der Waals surface area contributed by atoms with Gasteiger partial charge in [0.05, 0.1) is 11.2 Å². The minimum atomic E-state index is -0.631. The molecule has 4 rings (SSSR count). The van der Waals surface area contributed by atoms with Gasteiger partial charge in [0.1, 0.15) is 11.2 Å². The van der Waals surface area contributed by atoms with E-state index < -0.39 is 17.3 Å². The number of carbonyl (C=O) groups is 3. The highest BCUT2D eigenvalue weighted by Crippen LogP contribution is 2.42. The number of fused-ring (bicyclic) bond motifs is 2. The summed E-state index contributed by atoms with van der Waals surface area (Å²) in [5.41, 5.74) is 1.13. The molecule has 3 atom stereocenters. The standard InChI is InChI=1S/C29H39N3O5/c1-18(33)30-24-17-32(27(35)37-29(5,6)7)25-11-10-19(14-23(24)25)8-9-20-12-21-15-31(16-22(21)13-20)26(34)36-28(2,3)4/h8-11,14,17,20-22H,12-13,15-16H2,1-7H3,(H,30,33)/b9-8+/t20-,21-,22+. The number of hydrogen-bond acceptors (Lipinski definition) is 5. The van der Waals surface area contributed by atoms with E-state index in [-0.39, 0.29) is 12.0 Å². The van der Waals surface area contributed by atoms with Crippen LogP contribution >= 0.6 is 0 Å². The summed E-state index contributed by atoms with van der Waals surface area (Å²) < 4.78 is 12.5. The van der Waals surface area contributed by atoms with Gasteiger partial charge in [-0.1, -0.05) is 18.2 Å². The normalized spacial score (nSPS) is 21.9. The molecule has 1 aromatic carbocycles. The van der Waals surface area contributed by atoms with E-state index in [2.05, 4.69) is 17.5 Å².